The third-order valence-electron chi connectivity index (χ3n) is 4.84. The number of carbonyl (C=O) groups excluding carboxylic acids is 1. The van der Waals surface area contributed by atoms with Gasteiger partial charge in [-0.15, -0.1) is 11.6 Å². The second kappa shape index (κ2) is 9.27. The van der Waals surface area contributed by atoms with Crippen LogP contribution in [0.1, 0.15) is 76.7 Å². The first kappa shape index (κ1) is 18.3. The lowest BCUT2D eigenvalue weighted by molar-refractivity contribution is -0.114. The van der Waals surface area contributed by atoms with Crippen molar-refractivity contribution in [2.75, 3.05) is 0 Å². The summed E-state index contributed by atoms with van der Waals surface area (Å²) >= 11 is 6.59. The third-order valence-corrected chi connectivity index (χ3v) is 5.29. The van der Waals surface area contributed by atoms with E-state index in [1.54, 1.807) is 0 Å². The highest BCUT2D eigenvalue weighted by molar-refractivity contribution is 6.36. The van der Waals surface area contributed by atoms with Gasteiger partial charge in [0.1, 0.15) is 5.38 Å². The van der Waals surface area contributed by atoms with Gasteiger partial charge in [-0.05, 0) is 36.8 Å². The fraction of sp³-hybridized carbons (Fsp3) is 0.571. The Morgan fingerprint density at radius 2 is 1.52 bits per heavy atom. The van der Waals surface area contributed by atoms with E-state index in [-0.39, 0.29) is 11.7 Å². The quantitative estimate of drug-likeness (QED) is 0.377. The zero-order chi connectivity index (χ0) is 16.7. The molecule has 0 amide bonds. The summed E-state index contributed by atoms with van der Waals surface area (Å²) in [6.45, 7) is 4.42. The van der Waals surface area contributed by atoms with Crippen molar-refractivity contribution in [3.63, 3.8) is 0 Å². The third kappa shape index (κ3) is 4.47. The van der Waals surface area contributed by atoms with Crippen LogP contribution in [0.2, 0.25) is 0 Å². The van der Waals surface area contributed by atoms with Crippen molar-refractivity contribution in [3.05, 3.63) is 47.0 Å². The summed E-state index contributed by atoms with van der Waals surface area (Å²) in [4.78, 5) is 12.7. The number of allylic oxidation sites excluding steroid dienone is 2. The summed E-state index contributed by atoms with van der Waals surface area (Å²) in [6, 6.07) is 10.3. The van der Waals surface area contributed by atoms with Crippen LogP contribution in [0.4, 0.5) is 0 Å². The van der Waals surface area contributed by atoms with Gasteiger partial charge in [0.15, 0.2) is 5.78 Å². The lowest BCUT2D eigenvalue weighted by atomic mass is 9.88. The number of hydrogen-bond donors (Lipinski definition) is 0. The molecule has 0 saturated carbocycles. The van der Waals surface area contributed by atoms with Crippen LogP contribution in [0.15, 0.2) is 41.5 Å². The molecule has 0 spiro atoms. The van der Waals surface area contributed by atoms with E-state index < -0.39 is 5.38 Å². The van der Waals surface area contributed by atoms with Crippen LogP contribution in [0.3, 0.4) is 0 Å². The van der Waals surface area contributed by atoms with Gasteiger partial charge >= 0.3 is 0 Å². The van der Waals surface area contributed by atoms with Crippen molar-refractivity contribution < 1.29 is 4.79 Å². The summed E-state index contributed by atoms with van der Waals surface area (Å²) in [5, 5.41) is -0.411. The number of alkyl halides is 1. The van der Waals surface area contributed by atoms with Crippen LogP contribution < -0.4 is 0 Å². The Balaban J connectivity index is 2.28. The average molecular weight is 333 g/mol. The van der Waals surface area contributed by atoms with Crippen molar-refractivity contribution in [1.82, 2.24) is 0 Å². The maximum absolute atomic E-state index is 12.7. The molecule has 1 aliphatic carbocycles. The molecule has 0 N–H and O–H groups in total. The fourth-order valence-corrected chi connectivity index (χ4v) is 4.01. The van der Waals surface area contributed by atoms with E-state index in [0.29, 0.717) is 0 Å². The molecule has 1 aromatic carbocycles. The Kier molecular flexibility index (Phi) is 7.36. The van der Waals surface area contributed by atoms with E-state index in [1.807, 2.05) is 18.2 Å². The van der Waals surface area contributed by atoms with Crippen LogP contribution in [0, 0.1) is 0 Å². The Bertz CT molecular complexity index is 532. The predicted octanol–water partition coefficient (Wildman–Crippen LogP) is 6.42. The molecule has 0 bridgehead atoms. The lowest BCUT2D eigenvalue weighted by Gasteiger charge is -2.18. The molecular weight excluding hydrogens is 304 g/mol. The van der Waals surface area contributed by atoms with Gasteiger partial charge in [0, 0.05) is 5.92 Å². The summed E-state index contributed by atoms with van der Waals surface area (Å²) in [7, 11) is 0. The van der Waals surface area contributed by atoms with Gasteiger partial charge in [-0.2, -0.15) is 0 Å². The Morgan fingerprint density at radius 1 is 0.913 bits per heavy atom. The summed E-state index contributed by atoms with van der Waals surface area (Å²) < 4.78 is 0. The molecule has 23 heavy (non-hydrogen) atoms. The van der Waals surface area contributed by atoms with Crippen LogP contribution >= 0.6 is 11.6 Å². The van der Waals surface area contributed by atoms with Crippen LogP contribution in [-0.4, -0.2) is 11.2 Å². The van der Waals surface area contributed by atoms with Crippen LogP contribution in [0.5, 0.6) is 0 Å². The minimum absolute atomic E-state index is 0.0823. The van der Waals surface area contributed by atoms with Crippen molar-refractivity contribution in [1.29, 1.82) is 0 Å². The SMILES string of the molecule is CCCCCC1=C(CCCCC)[C@@H](c2ccccc2)[C@@H](Cl)C1=O. The van der Waals surface area contributed by atoms with Crippen LogP contribution in [0.25, 0.3) is 0 Å². The summed E-state index contributed by atoms with van der Waals surface area (Å²) in [5.74, 6) is 0.266. The second-order valence-electron chi connectivity index (χ2n) is 6.57. The maximum Gasteiger partial charge on any atom is 0.177 e. The van der Waals surface area contributed by atoms with Crippen molar-refractivity contribution in [2.45, 2.75) is 76.5 Å². The number of benzene rings is 1. The van der Waals surface area contributed by atoms with E-state index in [0.717, 1.165) is 31.3 Å². The van der Waals surface area contributed by atoms with Gasteiger partial charge in [0.2, 0.25) is 0 Å². The smallest absolute Gasteiger partial charge is 0.177 e. The number of rotatable bonds is 9. The number of Topliss-reactive ketones (excluding diaryl/α,β-unsaturated/α-hetero) is 1. The Labute approximate surface area is 146 Å². The molecule has 0 fully saturated rings. The number of ketones is 1. The molecule has 0 unspecified atom stereocenters. The number of halogens is 1. The van der Waals surface area contributed by atoms with Gasteiger partial charge in [0.25, 0.3) is 0 Å². The van der Waals surface area contributed by atoms with Gasteiger partial charge in [-0.1, -0.05) is 75.4 Å². The van der Waals surface area contributed by atoms with Gasteiger partial charge in [0.05, 0.1) is 0 Å². The largest absolute Gasteiger partial charge is 0.293 e. The first-order valence-electron chi connectivity index (χ1n) is 9.15. The number of carbonyl (C=O) groups is 1. The molecule has 0 radical (unpaired) electrons. The Hall–Kier alpha value is -1.08. The first-order valence-corrected chi connectivity index (χ1v) is 9.59. The zero-order valence-corrected chi connectivity index (χ0v) is 15.2. The normalized spacial score (nSPS) is 21.3. The van der Waals surface area contributed by atoms with Gasteiger partial charge < -0.3 is 0 Å². The zero-order valence-electron chi connectivity index (χ0n) is 14.5. The van der Waals surface area contributed by atoms with E-state index in [2.05, 4.69) is 26.0 Å². The topological polar surface area (TPSA) is 17.1 Å². The lowest BCUT2D eigenvalue weighted by Crippen LogP contribution is -2.16. The molecule has 1 nitrogen and oxygen atoms in total. The highest BCUT2D eigenvalue weighted by Crippen LogP contribution is 2.44. The fourth-order valence-electron chi connectivity index (χ4n) is 3.58. The van der Waals surface area contributed by atoms with Crippen molar-refractivity contribution in [3.8, 4) is 0 Å². The van der Waals surface area contributed by atoms with E-state index >= 15 is 0 Å². The highest BCUT2D eigenvalue weighted by Gasteiger charge is 2.40. The van der Waals surface area contributed by atoms with E-state index in [9.17, 15) is 4.79 Å². The summed E-state index contributed by atoms with van der Waals surface area (Å²) in [6.07, 6.45) is 8.95. The van der Waals surface area contributed by atoms with Gasteiger partial charge in [-0.25, -0.2) is 0 Å². The molecule has 126 valence electrons. The maximum atomic E-state index is 12.7. The highest BCUT2D eigenvalue weighted by atomic mass is 35.5. The molecule has 0 saturated heterocycles. The second-order valence-corrected chi connectivity index (χ2v) is 7.04. The van der Waals surface area contributed by atoms with E-state index in [1.165, 1.54) is 36.8 Å². The average Bonchev–Trinajstić information content (AvgIpc) is 2.81. The Morgan fingerprint density at radius 3 is 2.13 bits per heavy atom. The molecule has 0 aromatic heterocycles. The predicted molar refractivity (Wildman–Crippen MR) is 99.1 cm³/mol. The molecule has 2 heteroatoms. The number of unbranched alkanes of at least 4 members (excludes halogenated alkanes) is 4. The first-order chi connectivity index (χ1) is 11.2. The molecule has 2 rings (SSSR count). The van der Waals surface area contributed by atoms with Gasteiger partial charge in [-0.3, -0.25) is 4.79 Å². The van der Waals surface area contributed by atoms with Crippen molar-refractivity contribution in [2.24, 2.45) is 0 Å². The molecule has 1 aromatic rings. The number of hydrogen-bond acceptors (Lipinski definition) is 1. The van der Waals surface area contributed by atoms with E-state index in [4.69, 9.17) is 11.6 Å². The minimum Gasteiger partial charge on any atom is -0.293 e. The van der Waals surface area contributed by atoms with Crippen molar-refractivity contribution >= 4 is 17.4 Å². The van der Waals surface area contributed by atoms with Crippen LogP contribution in [-0.2, 0) is 4.79 Å². The molecule has 2 atom stereocenters. The summed E-state index contributed by atoms with van der Waals surface area (Å²) in [5.41, 5.74) is 3.56. The monoisotopic (exact) mass is 332 g/mol. The molecular formula is C21H29ClO. The molecule has 0 heterocycles. The standard InChI is InChI=1S/C21H29ClO/c1-3-5-8-14-17-18(15-9-6-4-2)21(23)20(22)19(17)16-12-10-7-11-13-16/h7,10-13,19-20H,3-6,8-9,14-15H2,1-2H3/t19-,20-/m1/s1. The minimum atomic E-state index is -0.411. The molecule has 0 aliphatic heterocycles. The molecule has 1 aliphatic rings.